The van der Waals surface area contributed by atoms with Gasteiger partial charge in [0.25, 0.3) is 0 Å². The van der Waals surface area contributed by atoms with Crippen LogP contribution in [0.15, 0.2) is 6.07 Å². The third-order valence-electron chi connectivity index (χ3n) is 3.23. The van der Waals surface area contributed by atoms with Crippen molar-refractivity contribution in [3.05, 3.63) is 11.6 Å². The van der Waals surface area contributed by atoms with E-state index in [-0.39, 0.29) is 23.3 Å². The summed E-state index contributed by atoms with van der Waals surface area (Å²) in [6.45, 7) is 4.74. The lowest BCUT2D eigenvalue weighted by molar-refractivity contribution is -0.119. The maximum Gasteiger partial charge on any atom is 0.234 e. The van der Waals surface area contributed by atoms with Gasteiger partial charge in [-0.2, -0.15) is 0 Å². The van der Waals surface area contributed by atoms with Crippen LogP contribution in [0.1, 0.15) is 26.3 Å². The predicted molar refractivity (Wildman–Crippen MR) is 70.6 cm³/mol. The molecule has 0 atom stereocenters. The molecule has 3 N–H and O–H groups in total. The Morgan fingerprint density at radius 3 is 2.63 bits per heavy atom. The van der Waals surface area contributed by atoms with Crippen LogP contribution in [0.5, 0.6) is 11.5 Å². The molecule has 0 unspecified atom stereocenters. The fourth-order valence-electron chi connectivity index (χ4n) is 2.21. The highest BCUT2D eigenvalue weighted by Gasteiger charge is 2.43. The number of fused-ring (bicyclic) bond motifs is 1. The number of carbonyl (C=O) groups excluding carboxylic acids is 2. The zero-order valence-corrected chi connectivity index (χ0v) is 11.2. The zero-order chi connectivity index (χ0) is 14.4. The first-order valence-corrected chi connectivity index (χ1v) is 5.82. The van der Waals surface area contributed by atoms with Crippen LogP contribution in [0.4, 0.5) is 11.4 Å². The molecule has 6 heteroatoms. The summed E-state index contributed by atoms with van der Waals surface area (Å²) in [6.07, 6.45) is 0. The van der Waals surface area contributed by atoms with E-state index in [1.165, 1.54) is 20.1 Å². The molecule has 0 aromatic heterocycles. The zero-order valence-electron chi connectivity index (χ0n) is 11.2. The molecular weight excluding hydrogens is 248 g/mol. The molecule has 0 fully saturated rings. The normalized spacial score (nSPS) is 15.7. The van der Waals surface area contributed by atoms with Gasteiger partial charge in [-0.3, -0.25) is 9.59 Å². The summed E-state index contributed by atoms with van der Waals surface area (Å²) in [5, 5.41) is 15.5. The quantitative estimate of drug-likeness (QED) is 0.708. The standard InChI is InChI=1S/C13H16N2O4/c1-6(16)14-7-5-8(19-4)10-9(11(7)17)13(2,3)12(18)15-10/h5,17H,1-4H3,(H,14,16)(H,15,18). The van der Waals surface area contributed by atoms with Crippen LogP contribution >= 0.6 is 0 Å². The molecule has 0 saturated carbocycles. The second-order valence-electron chi connectivity index (χ2n) is 4.99. The van der Waals surface area contributed by atoms with Crippen LogP contribution in [-0.4, -0.2) is 24.0 Å². The average Bonchev–Trinajstić information content (AvgIpc) is 2.54. The largest absolute Gasteiger partial charge is 0.505 e. The second kappa shape index (κ2) is 4.15. The number of benzene rings is 1. The number of aromatic hydroxyl groups is 1. The SMILES string of the molecule is COc1cc(NC(C)=O)c(O)c2c1NC(=O)C2(C)C. The number of phenols is 1. The van der Waals surface area contributed by atoms with Crippen molar-refractivity contribution in [2.24, 2.45) is 0 Å². The van der Waals surface area contributed by atoms with Gasteiger partial charge in [-0.1, -0.05) is 0 Å². The van der Waals surface area contributed by atoms with Gasteiger partial charge in [0.1, 0.15) is 11.5 Å². The molecule has 0 radical (unpaired) electrons. The fourth-order valence-corrected chi connectivity index (χ4v) is 2.21. The highest BCUT2D eigenvalue weighted by atomic mass is 16.5. The number of rotatable bonds is 2. The monoisotopic (exact) mass is 264 g/mol. The molecule has 102 valence electrons. The summed E-state index contributed by atoms with van der Waals surface area (Å²) >= 11 is 0. The summed E-state index contributed by atoms with van der Waals surface area (Å²) < 4.78 is 5.20. The Labute approximate surface area is 110 Å². The van der Waals surface area contributed by atoms with Crippen LogP contribution < -0.4 is 15.4 Å². The Bertz CT molecular complexity index is 578. The smallest absolute Gasteiger partial charge is 0.234 e. The average molecular weight is 264 g/mol. The summed E-state index contributed by atoms with van der Waals surface area (Å²) in [4.78, 5) is 23.1. The molecule has 1 heterocycles. The van der Waals surface area contributed by atoms with Gasteiger partial charge >= 0.3 is 0 Å². The maximum absolute atomic E-state index is 11.9. The van der Waals surface area contributed by atoms with Gasteiger partial charge in [-0.15, -0.1) is 0 Å². The first kappa shape index (κ1) is 13.2. The third kappa shape index (κ3) is 1.89. The molecule has 0 aliphatic carbocycles. The number of phenolic OH excluding ortho intramolecular Hbond substituents is 1. The molecule has 0 saturated heterocycles. The Kier molecular flexibility index (Phi) is 2.88. The van der Waals surface area contributed by atoms with Crippen molar-refractivity contribution >= 4 is 23.2 Å². The van der Waals surface area contributed by atoms with Crippen molar-refractivity contribution in [3.8, 4) is 11.5 Å². The number of hydrogen-bond acceptors (Lipinski definition) is 4. The van der Waals surface area contributed by atoms with Crippen LogP contribution in [0.3, 0.4) is 0 Å². The van der Waals surface area contributed by atoms with E-state index in [1.54, 1.807) is 13.8 Å². The van der Waals surface area contributed by atoms with E-state index in [0.29, 0.717) is 17.0 Å². The Balaban J connectivity index is 2.70. The van der Waals surface area contributed by atoms with Crippen LogP contribution in [0.2, 0.25) is 0 Å². The lowest BCUT2D eigenvalue weighted by atomic mass is 9.85. The molecule has 19 heavy (non-hydrogen) atoms. The molecular formula is C13H16N2O4. The molecule has 1 aliphatic rings. The lowest BCUT2D eigenvalue weighted by Gasteiger charge is -2.19. The van der Waals surface area contributed by atoms with Gasteiger partial charge in [0.2, 0.25) is 11.8 Å². The van der Waals surface area contributed by atoms with Crippen molar-refractivity contribution in [1.29, 1.82) is 0 Å². The third-order valence-corrected chi connectivity index (χ3v) is 3.23. The predicted octanol–water partition coefficient (Wildman–Crippen LogP) is 1.59. The highest BCUT2D eigenvalue weighted by Crippen LogP contribution is 2.50. The van der Waals surface area contributed by atoms with E-state index < -0.39 is 5.41 Å². The summed E-state index contributed by atoms with van der Waals surface area (Å²) in [5.41, 5.74) is 0.221. The van der Waals surface area contributed by atoms with Gasteiger partial charge in [-0.05, 0) is 13.8 Å². The topological polar surface area (TPSA) is 87.7 Å². The number of anilines is 2. The van der Waals surface area contributed by atoms with Crippen LogP contribution in [0, 0.1) is 0 Å². The number of ether oxygens (including phenoxy) is 1. The summed E-state index contributed by atoms with van der Waals surface area (Å²) in [6, 6.07) is 1.48. The molecule has 2 rings (SSSR count). The first-order valence-electron chi connectivity index (χ1n) is 5.82. The van der Waals surface area contributed by atoms with Crippen molar-refractivity contribution in [3.63, 3.8) is 0 Å². The number of carbonyl (C=O) groups is 2. The maximum atomic E-state index is 11.9. The molecule has 0 bridgehead atoms. The number of amides is 2. The number of nitrogens with one attached hydrogen (secondary N) is 2. The fraction of sp³-hybridized carbons (Fsp3) is 0.385. The van der Waals surface area contributed by atoms with E-state index in [2.05, 4.69) is 10.6 Å². The van der Waals surface area contributed by atoms with Gasteiger partial charge < -0.3 is 20.5 Å². The molecule has 0 spiro atoms. The van der Waals surface area contributed by atoms with E-state index in [4.69, 9.17) is 4.74 Å². The lowest BCUT2D eigenvalue weighted by Crippen LogP contribution is -2.27. The summed E-state index contributed by atoms with van der Waals surface area (Å²) in [5.74, 6) is -0.256. The summed E-state index contributed by atoms with van der Waals surface area (Å²) in [7, 11) is 1.46. The van der Waals surface area contributed by atoms with E-state index >= 15 is 0 Å². The number of hydrogen-bond donors (Lipinski definition) is 3. The molecule has 1 aromatic rings. The number of methoxy groups -OCH3 is 1. The van der Waals surface area contributed by atoms with Crippen LogP contribution in [0.25, 0.3) is 0 Å². The van der Waals surface area contributed by atoms with Crippen molar-refractivity contribution < 1.29 is 19.4 Å². The Morgan fingerprint density at radius 1 is 1.47 bits per heavy atom. The molecule has 6 nitrogen and oxygen atoms in total. The van der Waals surface area contributed by atoms with Crippen molar-refractivity contribution in [1.82, 2.24) is 0 Å². The van der Waals surface area contributed by atoms with E-state index in [1.807, 2.05) is 0 Å². The minimum atomic E-state index is -0.888. The molecule has 2 amide bonds. The van der Waals surface area contributed by atoms with Crippen LogP contribution in [-0.2, 0) is 15.0 Å². The minimum Gasteiger partial charge on any atom is -0.505 e. The molecule has 1 aromatic carbocycles. The Morgan fingerprint density at radius 2 is 2.11 bits per heavy atom. The van der Waals surface area contributed by atoms with Gasteiger partial charge in [0, 0.05) is 18.6 Å². The second-order valence-corrected chi connectivity index (χ2v) is 4.99. The van der Waals surface area contributed by atoms with E-state index in [0.717, 1.165) is 0 Å². The Hall–Kier alpha value is -2.24. The van der Waals surface area contributed by atoms with Gasteiger partial charge in [0.15, 0.2) is 0 Å². The van der Waals surface area contributed by atoms with Crippen molar-refractivity contribution in [2.75, 3.05) is 17.7 Å². The van der Waals surface area contributed by atoms with Gasteiger partial charge in [-0.25, -0.2) is 0 Å². The van der Waals surface area contributed by atoms with Crippen molar-refractivity contribution in [2.45, 2.75) is 26.2 Å². The minimum absolute atomic E-state index is 0.116. The highest BCUT2D eigenvalue weighted by molar-refractivity contribution is 6.09. The van der Waals surface area contributed by atoms with E-state index in [9.17, 15) is 14.7 Å². The van der Waals surface area contributed by atoms with Gasteiger partial charge in [0.05, 0.1) is 23.9 Å². The molecule has 1 aliphatic heterocycles. The first-order chi connectivity index (χ1) is 8.78.